The van der Waals surface area contributed by atoms with E-state index in [1.807, 2.05) is 54.7 Å². The highest BCUT2D eigenvalue weighted by Gasteiger charge is 2.19. The van der Waals surface area contributed by atoms with Gasteiger partial charge in [-0.25, -0.2) is 4.98 Å². The lowest BCUT2D eigenvalue weighted by molar-refractivity contribution is 0.102. The van der Waals surface area contributed by atoms with E-state index in [1.165, 1.54) is 0 Å². The molecule has 2 aromatic heterocycles. The van der Waals surface area contributed by atoms with E-state index in [1.54, 1.807) is 24.9 Å². The van der Waals surface area contributed by atoms with Crippen molar-refractivity contribution < 1.29 is 9.53 Å². The van der Waals surface area contributed by atoms with Crippen molar-refractivity contribution in [3.63, 3.8) is 0 Å². The molecule has 2 aromatic carbocycles. The van der Waals surface area contributed by atoms with Crippen molar-refractivity contribution in [2.75, 3.05) is 18.2 Å². The number of H-pyrrole nitrogens is 1. The maximum absolute atomic E-state index is 12.9. The molecule has 0 spiro atoms. The number of rotatable bonds is 5. The molecule has 0 radical (unpaired) electrons. The van der Waals surface area contributed by atoms with Crippen molar-refractivity contribution in [3.05, 3.63) is 66.5 Å². The molecule has 3 heterocycles. The molecule has 1 aliphatic heterocycles. The van der Waals surface area contributed by atoms with E-state index in [-0.39, 0.29) is 5.91 Å². The van der Waals surface area contributed by atoms with E-state index in [4.69, 9.17) is 9.72 Å². The summed E-state index contributed by atoms with van der Waals surface area (Å²) in [7, 11) is 1.61. The fraction of sp³-hybridized carbons (Fsp3) is 0.136. The summed E-state index contributed by atoms with van der Waals surface area (Å²) in [5.41, 5.74) is 4.28. The highest BCUT2D eigenvalue weighted by molar-refractivity contribution is 7.99. The van der Waals surface area contributed by atoms with Gasteiger partial charge in [0.15, 0.2) is 5.16 Å². The number of carbonyl (C=O) groups excluding carboxylic acids is 1. The summed E-state index contributed by atoms with van der Waals surface area (Å²) in [5, 5.41) is 11.1. The van der Waals surface area contributed by atoms with Gasteiger partial charge in [0.2, 0.25) is 0 Å². The fourth-order valence-corrected chi connectivity index (χ4v) is 4.42. The van der Waals surface area contributed by atoms with Crippen LogP contribution in [0.1, 0.15) is 10.5 Å². The number of hydrogen-bond donors (Lipinski definition) is 2. The number of aryl methyl sites for hydroxylation is 1. The Morgan fingerprint density at radius 2 is 1.93 bits per heavy atom. The average molecular weight is 417 g/mol. The summed E-state index contributed by atoms with van der Waals surface area (Å²) in [6.07, 6.45) is 2.04. The summed E-state index contributed by atoms with van der Waals surface area (Å²) in [6, 6.07) is 17.0. The van der Waals surface area contributed by atoms with E-state index in [0.29, 0.717) is 22.8 Å². The number of thioether (sulfide) groups is 1. The lowest BCUT2D eigenvalue weighted by atomic mass is 10.1. The lowest BCUT2D eigenvalue weighted by Crippen LogP contribution is -2.13. The molecule has 2 N–H and O–H groups in total. The van der Waals surface area contributed by atoms with Gasteiger partial charge in [-0.15, -0.1) is 0 Å². The van der Waals surface area contributed by atoms with Crippen molar-refractivity contribution in [2.45, 2.75) is 11.7 Å². The number of anilines is 1. The predicted molar refractivity (Wildman–Crippen MR) is 117 cm³/mol. The predicted octanol–water partition coefficient (Wildman–Crippen LogP) is 4.31. The minimum absolute atomic E-state index is 0.266. The number of aromatic amines is 1. The van der Waals surface area contributed by atoms with E-state index in [9.17, 15) is 4.79 Å². The number of nitrogens with zero attached hydrogens (tertiary/aromatic N) is 3. The molecule has 5 rings (SSSR count). The van der Waals surface area contributed by atoms with Crippen LogP contribution in [-0.4, -0.2) is 38.5 Å². The molecule has 1 amide bonds. The average Bonchev–Trinajstić information content (AvgIpc) is 3.50. The molecule has 0 unspecified atom stereocenters. The van der Waals surface area contributed by atoms with Gasteiger partial charge in [-0.2, -0.15) is 5.10 Å². The zero-order chi connectivity index (χ0) is 20.5. The second kappa shape index (κ2) is 7.72. The molecule has 0 bridgehead atoms. The number of amides is 1. The Kier molecular flexibility index (Phi) is 4.76. The molecule has 7 nitrogen and oxygen atoms in total. The fourth-order valence-electron chi connectivity index (χ4n) is 3.48. The maximum Gasteiger partial charge on any atom is 0.273 e. The van der Waals surface area contributed by atoms with Crippen molar-refractivity contribution in [1.29, 1.82) is 0 Å². The molecule has 0 saturated heterocycles. The van der Waals surface area contributed by atoms with Crippen LogP contribution in [0.3, 0.4) is 0 Å². The van der Waals surface area contributed by atoms with Gasteiger partial charge >= 0.3 is 0 Å². The SMILES string of the molecule is COc1ccccc1-c1cc(C(=O)Nc2ccccc2-c2cn3c(n2)SCC3)[nH]n1. The number of fused-ring (bicyclic) bond motifs is 1. The summed E-state index contributed by atoms with van der Waals surface area (Å²) in [6.45, 7) is 0.960. The van der Waals surface area contributed by atoms with Crippen LogP contribution in [0, 0.1) is 0 Å². The highest BCUT2D eigenvalue weighted by atomic mass is 32.2. The number of hydrogen-bond acceptors (Lipinski definition) is 5. The van der Waals surface area contributed by atoms with E-state index in [0.717, 1.165) is 34.3 Å². The van der Waals surface area contributed by atoms with Gasteiger partial charge < -0.3 is 14.6 Å². The third-order valence-electron chi connectivity index (χ3n) is 4.96. The van der Waals surface area contributed by atoms with Crippen molar-refractivity contribution >= 4 is 23.4 Å². The monoisotopic (exact) mass is 417 g/mol. The summed E-state index contributed by atoms with van der Waals surface area (Å²) < 4.78 is 7.54. The quantitative estimate of drug-likeness (QED) is 0.506. The molecule has 150 valence electrons. The van der Waals surface area contributed by atoms with E-state index >= 15 is 0 Å². The first-order valence-electron chi connectivity index (χ1n) is 9.52. The largest absolute Gasteiger partial charge is 0.496 e. The van der Waals surface area contributed by atoms with Gasteiger partial charge in [0.05, 0.1) is 24.2 Å². The Morgan fingerprint density at radius 1 is 1.13 bits per heavy atom. The number of aromatic nitrogens is 4. The standard InChI is InChI=1S/C22H19N5O2S/c1-29-20-9-5-3-7-15(20)17-12-18(26-25-17)21(28)23-16-8-4-2-6-14(16)19-13-27-10-11-30-22(27)24-19/h2-9,12-13H,10-11H2,1H3,(H,23,28)(H,25,26). The Morgan fingerprint density at radius 3 is 2.77 bits per heavy atom. The third-order valence-corrected chi connectivity index (χ3v) is 5.93. The van der Waals surface area contributed by atoms with Crippen LogP contribution < -0.4 is 10.1 Å². The zero-order valence-electron chi connectivity index (χ0n) is 16.3. The Balaban J connectivity index is 1.41. The van der Waals surface area contributed by atoms with Crippen molar-refractivity contribution in [1.82, 2.24) is 19.7 Å². The lowest BCUT2D eigenvalue weighted by Gasteiger charge is -2.08. The van der Waals surface area contributed by atoms with Crippen LogP contribution in [0.2, 0.25) is 0 Å². The second-order valence-corrected chi connectivity index (χ2v) is 7.88. The Bertz CT molecular complexity index is 1210. The molecule has 0 aliphatic carbocycles. The topological polar surface area (TPSA) is 84.8 Å². The van der Waals surface area contributed by atoms with Crippen LogP contribution >= 0.6 is 11.8 Å². The smallest absolute Gasteiger partial charge is 0.273 e. The summed E-state index contributed by atoms with van der Waals surface area (Å²) in [4.78, 5) is 17.6. The Hall–Kier alpha value is -3.52. The zero-order valence-corrected chi connectivity index (χ0v) is 17.1. The molecule has 0 saturated carbocycles. The molecule has 8 heteroatoms. The van der Waals surface area contributed by atoms with Gasteiger partial charge in [-0.1, -0.05) is 42.1 Å². The first-order chi connectivity index (χ1) is 14.7. The molecule has 0 fully saturated rings. The first-order valence-corrected chi connectivity index (χ1v) is 10.5. The van der Waals surface area contributed by atoms with Gasteiger partial charge in [0, 0.05) is 29.6 Å². The first kappa shape index (κ1) is 18.5. The van der Waals surface area contributed by atoms with Crippen LogP contribution in [-0.2, 0) is 6.54 Å². The highest BCUT2D eigenvalue weighted by Crippen LogP contribution is 2.33. The van der Waals surface area contributed by atoms with Crippen LogP contribution in [0.25, 0.3) is 22.5 Å². The number of ether oxygens (including phenoxy) is 1. The van der Waals surface area contributed by atoms with Crippen LogP contribution in [0.5, 0.6) is 5.75 Å². The van der Waals surface area contributed by atoms with Gasteiger partial charge in [0.25, 0.3) is 5.91 Å². The molecule has 1 aliphatic rings. The summed E-state index contributed by atoms with van der Waals surface area (Å²) in [5.74, 6) is 1.49. The number of para-hydroxylation sites is 2. The maximum atomic E-state index is 12.9. The van der Waals surface area contributed by atoms with Crippen LogP contribution in [0.4, 0.5) is 5.69 Å². The van der Waals surface area contributed by atoms with E-state index in [2.05, 4.69) is 20.1 Å². The van der Waals surface area contributed by atoms with Gasteiger partial charge in [-0.05, 0) is 24.3 Å². The molecular formula is C22H19N5O2S. The number of imidazole rings is 1. The second-order valence-electron chi connectivity index (χ2n) is 6.82. The third kappa shape index (κ3) is 3.35. The molecular weight excluding hydrogens is 398 g/mol. The van der Waals surface area contributed by atoms with Gasteiger partial charge in [0.1, 0.15) is 11.4 Å². The molecule has 4 aromatic rings. The minimum atomic E-state index is -0.266. The number of carbonyl (C=O) groups is 1. The summed E-state index contributed by atoms with van der Waals surface area (Å²) >= 11 is 1.74. The van der Waals surface area contributed by atoms with Crippen molar-refractivity contribution in [2.24, 2.45) is 0 Å². The van der Waals surface area contributed by atoms with Gasteiger partial charge in [-0.3, -0.25) is 9.89 Å². The normalized spacial score (nSPS) is 12.6. The van der Waals surface area contributed by atoms with Crippen LogP contribution in [0.15, 0.2) is 66.0 Å². The Labute approximate surface area is 177 Å². The molecule has 0 atom stereocenters. The number of benzene rings is 2. The number of methoxy groups -OCH3 is 1. The number of nitrogens with one attached hydrogen (secondary N) is 2. The van der Waals surface area contributed by atoms with Crippen molar-refractivity contribution in [3.8, 4) is 28.3 Å². The van der Waals surface area contributed by atoms with E-state index < -0.39 is 0 Å². The molecule has 30 heavy (non-hydrogen) atoms. The minimum Gasteiger partial charge on any atom is -0.496 e.